The predicted molar refractivity (Wildman–Crippen MR) is 76.4 cm³/mol. The van der Waals surface area contributed by atoms with Crippen molar-refractivity contribution < 1.29 is 9.84 Å². The molecule has 4 atom stereocenters. The molecule has 2 aliphatic rings. The molecule has 104 valence electrons. The van der Waals surface area contributed by atoms with Gasteiger partial charge in [0.05, 0.1) is 13.2 Å². The largest absolute Gasteiger partial charge is 0.497 e. The molecule has 0 saturated heterocycles. The van der Waals surface area contributed by atoms with Gasteiger partial charge in [0.2, 0.25) is 0 Å². The number of benzene rings is 1. The molecule has 2 heteroatoms. The summed E-state index contributed by atoms with van der Waals surface area (Å²) in [6, 6.07) is 6.50. The fraction of sp³-hybridized carbons (Fsp3) is 0.647. The van der Waals surface area contributed by atoms with Crippen molar-refractivity contribution in [2.45, 2.75) is 45.1 Å². The van der Waals surface area contributed by atoms with Gasteiger partial charge in [0.1, 0.15) is 5.75 Å². The lowest BCUT2D eigenvalue weighted by atomic mass is 9.73. The van der Waals surface area contributed by atoms with Crippen molar-refractivity contribution in [2.24, 2.45) is 17.8 Å². The topological polar surface area (TPSA) is 29.5 Å². The molecule has 1 aromatic rings. The Morgan fingerprint density at radius 2 is 2.00 bits per heavy atom. The Balaban J connectivity index is 1.75. The number of methoxy groups -OCH3 is 1. The van der Waals surface area contributed by atoms with Gasteiger partial charge >= 0.3 is 0 Å². The van der Waals surface area contributed by atoms with Gasteiger partial charge in [0, 0.05) is 0 Å². The van der Waals surface area contributed by atoms with Crippen LogP contribution in [0.2, 0.25) is 0 Å². The zero-order valence-electron chi connectivity index (χ0n) is 11.9. The lowest BCUT2D eigenvalue weighted by Crippen LogP contribution is -2.27. The molecule has 0 spiro atoms. The number of aryl methyl sites for hydroxylation is 1. The summed E-state index contributed by atoms with van der Waals surface area (Å²) in [6.07, 6.45) is 5.75. The molecule has 0 bridgehead atoms. The van der Waals surface area contributed by atoms with Crippen LogP contribution in [0.5, 0.6) is 5.75 Å². The molecule has 0 amide bonds. The third-order valence-electron chi connectivity index (χ3n) is 5.36. The van der Waals surface area contributed by atoms with Crippen molar-refractivity contribution in [1.82, 2.24) is 0 Å². The Morgan fingerprint density at radius 1 is 1.16 bits per heavy atom. The number of rotatable bonds is 2. The summed E-state index contributed by atoms with van der Waals surface area (Å²) < 4.78 is 5.30. The Kier molecular flexibility index (Phi) is 3.53. The predicted octanol–water partition coefficient (Wildman–Crippen LogP) is 3.21. The zero-order valence-corrected chi connectivity index (χ0v) is 11.9. The zero-order chi connectivity index (χ0) is 13.4. The second-order valence-corrected chi connectivity index (χ2v) is 6.31. The van der Waals surface area contributed by atoms with E-state index in [0.29, 0.717) is 11.8 Å². The standard InChI is InChI=1S/C17H24O2/c1-11-16(7-8-17(11)18)14-4-3-13-10-15(19-2)6-5-12(13)9-14/h5-6,10-11,14,16-18H,3-4,7-9H2,1-2H3/t11-,14?,16+,17-/m0/s1. The quantitative estimate of drug-likeness (QED) is 0.885. The maximum absolute atomic E-state index is 9.95. The van der Waals surface area contributed by atoms with E-state index in [-0.39, 0.29) is 6.10 Å². The Morgan fingerprint density at radius 3 is 2.68 bits per heavy atom. The van der Waals surface area contributed by atoms with E-state index in [9.17, 15) is 5.11 Å². The smallest absolute Gasteiger partial charge is 0.119 e. The van der Waals surface area contributed by atoms with Crippen LogP contribution < -0.4 is 4.74 Å². The van der Waals surface area contributed by atoms with Gasteiger partial charge in [-0.25, -0.2) is 0 Å². The second kappa shape index (κ2) is 5.16. The number of aliphatic hydroxyl groups is 1. The van der Waals surface area contributed by atoms with Crippen LogP contribution in [0.1, 0.15) is 37.3 Å². The van der Waals surface area contributed by atoms with Gasteiger partial charge in [0.25, 0.3) is 0 Å². The van der Waals surface area contributed by atoms with Gasteiger partial charge in [-0.3, -0.25) is 0 Å². The number of aliphatic hydroxyl groups excluding tert-OH is 1. The first kappa shape index (κ1) is 13.0. The molecule has 0 aromatic heterocycles. The molecule has 1 fully saturated rings. The molecule has 1 saturated carbocycles. The average molecular weight is 260 g/mol. The molecule has 2 nitrogen and oxygen atoms in total. The van der Waals surface area contributed by atoms with E-state index >= 15 is 0 Å². The van der Waals surface area contributed by atoms with Gasteiger partial charge < -0.3 is 9.84 Å². The Hall–Kier alpha value is -1.02. The molecule has 1 N–H and O–H groups in total. The van der Waals surface area contributed by atoms with E-state index in [1.54, 1.807) is 7.11 Å². The van der Waals surface area contributed by atoms with Crippen molar-refractivity contribution in [3.63, 3.8) is 0 Å². The molecule has 1 unspecified atom stereocenters. The minimum atomic E-state index is -0.0673. The first-order valence-electron chi connectivity index (χ1n) is 7.53. The number of ether oxygens (including phenoxy) is 1. The minimum absolute atomic E-state index is 0.0673. The number of fused-ring (bicyclic) bond motifs is 1. The SMILES string of the molecule is COc1ccc2c(c1)CCC([C@@H]1CC[C@H](O)[C@H]1C)C2. The second-order valence-electron chi connectivity index (χ2n) is 6.31. The Labute approximate surface area is 115 Å². The minimum Gasteiger partial charge on any atom is -0.497 e. The van der Waals surface area contributed by atoms with E-state index in [0.717, 1.165) is 24.5 Å². The van der Waals surface area contributed by atoms with Crippen molar-refractivity contribution >= 4 is 0 Å². The summed E-state index contributed by atoms with van der Waals surface area (Å²) in [5.74, 6) is 2.92. The van der Waals surface area contributed by atoms with Crippen LogP contribution in [0.15, 0.2) is 18.2 Å². The normalized spacial score (nSPS) is 34.1. The van der Waals surface area contributed by atoms with Crippen molar-refractivity contribution in [3.05, 3.63) is 29.3 Å². The third-order valence-corrected chi connectivity index (χ3v) is 5.36. The molecular weight excluding hydrogens is 236 g/mol. The molecule has 2 aliphatic carbocycles. The highest BCUT2D eigenvalue weighted by Crippen LogP contribution is 2.42. The van der Waals surface area contributed by atoms with E-state index in [2.05, 4.69) is 25.1 Å². The van der Waals surface area contributed by atoms with Crippen LogP contribution in [-0.4, -0.2) is 18.3 Å². The highest BCUT2D eigenvalue weighted by molar-refractivity contribution is 5.37. The molecular formula is C17H24O2. The van der Waals surface area contributed by atoms with Gasteiger partial charge in [-0.2, -0.15) is 0 Å². The molecule has 0 heterocycles. The van der Waals surface area contributed by atoms with E-state index < -0.39 is 0 Å². The maximum Gasteiger partial charge on any atom is 0.119 e. The summed E-state index contributed by atoms with van der Waals surface area (Å²) in [6.45, 7) is 2.23. The summed E-state index contributed by atoms with van der Waals surface area (Å²) in [5.41, 5.74) is 2.95. The number of hydrogen-bond donors (Lipinski definition) is 1. The highest BCUT2D eigenvalue weighted by Gasteiger charge is 2.37. The van der Waals surface area contributed by atoms with Crippen LogP contribution in [-0.2, 0) is 12.8 Å². The first-order chi connectivity index (χ1) is 9.19. The fourth-order valence-corrected chi connectivity index (χ4v) is 4.09. The van der Waals surface area contributed by atoms with Crippen molar-refractivity contribution in [1.29, 1.82) is 0 Å². The average Bonchev–Trinajstić information content (AvgIpc) is 2.78. The van der Waals surface area contributed by atoms with Gasteiger partial charge in [-0.1, -0.05) is 13.0 Å². The van der Waals surface area contributed by atoms with E-state index in [1.807, 2.05) is 0 Å². The first-order valence-corrected chi connectivity index (χ1v) is 7.53. The van der Waals surface area contributed by atoms with E-state index in [1.165, 1.54) is 30.4 Å². The molecule has 0 radical (unpaired) electrons. The molecule has 1 aromatic carbocycles. The molecule has 0 aliphatic heterocycles. The summed E-state index contributed by atoms with van der Waals surface area (Å²) >= 11 is 0. The number of hydrogen-bond acceptors (Lipinski definition) is 2. The van der Waals surface area contributed by atoms with Gasteiger partial charge in [-0.05, 0) is 73.1 Å². The Bertz CT molecular complexity index is 455. The maximum atomic E-state index is 9.95. The summed E-state index contributed by atoms with van der Waals surface area (Å²) in [7, 11) is 1.73. The summed E-state index contributed by atoms with van der Waals surface area (Å²) in [4.78, 5) is 0. The lowest BCUT2D eigenvalue weighted by Gasteiger charge is -2.32. The molecule has 3 rings (SSSR count). The van der Waals surface area contributed by atoms with E-state index in [4.69, 9.17) is 4.74 Å². The van der Waals surface area contributed by atoms with Crippen LogP contribution in [0.4, 0.5) is 0 Å². The van der Waals surface area contributed by atoms with Crippen molar-refractivity contribution in [3.8, 4) is 5.75 Å². The highest BCUT2D eigenvalue weighted by atomic mass is 16.5. The summed E-state index contributed by atoms with van der Waals surface area (Å²) in [5, 5.41) is 9.95. The fourth-order valence-electron chi connectivity index (χ4n) is 4.09. The lowest BCUT2D eigenvalue weighted by molar-refractivity contribution is 0.110. The van der Waals surface area contributed by atoms with Crippen LogP contribution >= 0.6 is 0 Å². The van der Waals surface area contributed by atoms with Gasteiger partial charge in [0.15, 0.2) is 0 Å². The monoisotopic (exact) mass is 260 g/mol. The van der Waals surface area contributed by atoms with Gasteiger partial charge in [-0.15, -0.1) is 0 Å². The van der Waals surface area contributed by atoms with Crippen LogP contribution in [0.3, 0.4) is 0 Å². The third kappa shape index (κ3) is 2.38. The van der Waals surface area contributed by atoms with Crippen molar-refractivity contribution in [2.75, 3.05) is 7.11 Å². The van der Waals surface area contributed by atoms with Crippen LogP contribution in [0, 0.1) is 17.8 Å². The molecule has 19 heavy (non-hydrogen) atoms. The van der Waals surface area contributed by atoms with Crippen LogP contribution in [0.25, 0.3) is 0 Å².